The molecule has 0 aliphatic carbocycles. The molecule has 0 aliphatic heterocycles. The molecule has 6 rings (SSSR count). The molecule has 5 aromatic carbocycles. The lowest BCUT2D eigenvalue weighted by Gasteiger charge is -2.15. The normalized spacial score (nSPS) is 11.2. The summed E-state index contributed by atoms with van der Waals surface area (Å²) in [6, 6.07) is 40.1. The fourth-order valence-corrected chi connectivity index (χ4v) is 4.72. The second-order valence-electron chi connectivity index (χ2n) is 8.08. The van der Waals surface area contributed by atoms with Crippen molar-refractivity contribution < 1.29 is 0 Å². The maximum atomic E-state index is 6.87. The van der Waals surface area contributed by atoms with Gasteiger partial charge in [-0.15, -0.1) is 0 Å². The van der Waals surface area contributed by atoms with Gasteiger partial charge < -0.3 is 10.7 Å². The Bertz CT molecular complexity index is 1580. The third-order valence-corrected chi connectivity index (χ3v) is 6.24. The van der Waals surface area contributed by atoms with Gasteiger partial charge in [0.15, 0.2) is 0 Å². The third-order valence-electron chi connectivity index (χ3n) is 6.24. The molecule has 6 aromatic rings. The summed E-state index contributed by atoms with van der Waals surface area (Å²) < 4.78 is 0. The van der Waals surface area contributed by atoms with Crippen molar-refractivity contribution in [3.05, 3.63) is 115 Å². The first-order chi connectivity index (χ1) is 15.8. The molecule has 0 aliphatic rings. The summed E-state index contributed by atoms with van der Waals surface area (Å²) in [6.07, 6.45) is 0. The molecule has 1 aromatic heterocycles. The van der Waals surface area contributed by atoms with Crippen LogP contribution in [-0.4, -0.2) is 4.98 Å². The topological polar surface area (TPSA) is 41.8 Å². The minimum Gasteiger partial charge on any atom is -0.398 e. The third kappa shape index (κ3) is 2.89. The number of nitrogen functional groups attached to an aromatic ring is 1. The summed E-state index contributed by atoms with van der Waals surface area (Å²) >= 11 is 0. The fraction of sp³-hybridized carbons (Fsp3) is 0. The van der Waals surface area contributed by atoms with E-state index in [1.165, 1.54) is 21.9 Å². The molecule has 0 saturated carbocycles. The number of rotatable bonds is 3. The van der Waals surface area contributed by atoms with Gasteiger partial charge in [0.05, 0.1) is 5.52 Å². The molecule has 2 heteroatoms. The Kier molecular flexibility index (Phi) is 4.29. The lowest BCUT2D eigenvalue weighted by molar-refractivity contribution is 1.53. The number of nitrogens with one attached hydrogen (secondary N) is 1. The first kappa shape index (κ1) is 18.5. The highest BCUT2D eigenvalue weighted by molar-refractivity contribution is 6.13. The Labute approximate surface area is 187 Å². The Balaban J connectivity index is 1.58. The van der Waals surface area contributed by atoms with Crippen LogP contribution in [0.5, 0.6) is 0 Å². The van der Waals surface area contributed by atoms with Crippen LogP contribution in [-0.2, 0) is 0 Å². The maximum Gasteiger partial charge on any atom is 0.0545 e. The summed E-state index contributed by atoms with van der Waals surface area (Å²) in [5.41, 5.74) is 16.6. The van der Waals surface area contributed by atoms with E-state index in [2.05, 4.69) is 114 Å². The van der Waals surface area contributed by atoms with Crippen molar-refractivity contribution >= 4 is 27.5 Å². The van der Waals surface area contributed by atoms with Gasteiger partial charge in [-0.3, -0.25) is 0 Å². The predicted octanol–water partition coefficient (Wildman–Crippen LogP) is 7.90. The van der Waals surface area contributed by atoms with Crippen molar-refractivity contribution in [2.24, 2.45) is 0 Å². The van der Waals surface area contributed by atoms with E-state index in [4.69, 9.17) is 5.73 Å². The molecule has 0 radical (unpaired) electrons. The van der Waals surface area contributed by atoms with Crippen LogP contribution in [0.25, 0.3) is 55.2 Å². The van der Waals surface area contributed by atoms with Gasteiger partial charge in [-0.2, -0.15) is 0 Å². The van der Waals surface area contributed by atoms with E-state index in [1.54, 1.807) is 0 Å². The van der Waals surface area contributed by atoms with Crippen LogP contribution in [0.1, 0.15) is 0 Å². The van der Waals surface area contributed by atoms with E-state index in [1.807, 2.05) is 6.07 Å². The van der Waals surface area contributed by atoms with E-state index in [0.717, 1.165) is 39.0 Å². The standard InChI is InChI=1S/C30H22N2/c31-29-24(22-13-5-4-12-21(22)20-10-2-1-3-11-20)15-8-16-25(29)27-18-9-17-26-23-14-6-7-19-28(23)32-30(26)27/h1-19,32H,31H2. The number of hydrogen-bond acceptors (Lipinski definition) is 1. The second-order valence-corrected chi connectivity index (χ2v) is 8.08. The van der Waals surface area contributed by atoms with Crippen LogP contribution in [0.4, 0.5) is 5.69 Å². The van der Waals surface area contributed by atoms with Crippen molar-refractivity contribution in [1.82, 2.24) is 4.98 Å². The van der Waals surface area contributed by atoms with Crippen LogP contribution in [0.2, 0.25) is 0 Å². The smallest absolute Gasteiger partial charge is 0.0545 e. The van der Waals surface area contributed by atoms with Gasteiger partial charge in [0, 0.05) is 38.7 Å². The number of para-hydroxylation sites is 3. The lowest BCUT2D eigenvalue weighted by atomic mass is 9.90. The van der Waals surface area contributed by atoms with Gasteiger partial charge in [0.2, 0.25) is 0 Å². The molecule has 32 heavy (non-hydrogen) atoms. The van der Waals surface area contributed by atoms with E-state index in [-0.39, 0.29) is 0 Å². The van der Waals surface area contributed by atoms with Crippen LogP contribution in [0.3, 0.4) is 0 Å². The zero-order chi connectivity index (χ0) is 21.5. The minimum atomic E-state index is 0.794. The highest BCUT2D eigenvalue weighted by atomic mass is 14.7. The first-order valence-electron chi connectivity index (χ1n) is 10.8. The first-order valence-corrected chi connectivity index (χ1v) is 10.8. The van der Waals surface area contributed by atoms with Crippen molar-refractivity contribution in [3.63, 3.8) is 0 Å². The predicted molar refractivity (Wildman–Crippen MR) is 137 cm³/mol. The monoisotopic (exact) mass is 410 g/mol. The van der Waals surface area contributed by atoms with E-state index in [9.17, 15) is 0 Å². The zero-order valence-electron chi connectivity index (χ0n) is 17.5. The fourth-order valence-electron chi connectivity index (χ4n) is 4.72. The molecule has 0 atom stereocenters. The van der Waals surface area contributed by atoms with Crippen LogP contribution < -0.4 is 5.73 Å². The number of anilines is 1. The summed E-state index contributed by atoms with van der Waals surface area (Å²) in [4.78, 5) is 3.61. The average Bonchev–Trinajstić information content (AvgIpc) is 3.24. The van der Waals surface area contributed by atoms with Crippen molar-refractivity contribution in [1.29, 1.82) is 0 Å². The number of H-pyrrole nitrogens is 1. The number of nitrogens with two attached hydrogens (primary N) is 1. The van der Waals surface area contributed by atoms with Gasteiger partial charge in [-0.05, 0) is 22.8 Å². The zero-order valence-corrected chi connectivity index (χ0v) is 17.5. The quantitative estimate of drug-likeness (QED) is 0.286. The molecule has 0 spiro atoms. The van der Waals surface area contributed by atoms with Gasteiger partial charge in [0.1, 0.15) is 0 Å². The van der Waals surface area contributed by atoms with Crippen LogP contribution >= 0.6 is 0 Å². The Morgan fingerprint density at radius 3 is 1.84 bits per heavy atom. The van der Waals surface area contributed by atoms with E-state index < -0.39 is 0 Å². The average molecular weight is 411 g/mol. The molecule has 0 bridgehead atoms. The summed E-state index contributed by atoms with van der Waals surface area (Å²) in [5.74, 6) is 0. The lowest BCUT2D eigenvalue weighted by Crippen LogP contribution is -1.96. The van der Waals surface area contributed by atoms with E-state index >= 15 is 0 Å². The molecular weight excluding hydrogens is 388 g/mol. The number of aromatic amines is 1. The Morgan fingerprint density at radius 2 is 1.00 bits per heavy atom. The summed E-state index contributed by atoms with van der Waals surface area (Å²) in [5, 5.41) is 2.45. The highest BCUT2D eigenvalue weighted by Crippen LogP contribution is 2.41. The van der Waals surface area contributed by atoms with Gasteiger partial charge in [-0.25, -0.2) is 0 Å². The molecule has 0 unspecified atom stereocenters. The Morgan fingerprint density at radius 1 is 0.438 bits per heavy atom. The van der Waals surface area contributed by atoms with Crippen molar-refractivity contribution in [2.75, 3.05) is 5.73 Å². The SMILES string of the molecule is Nc1c(-c2ccccc2-c2ccccc2)cccc1-c1cccc2c1[nH]c1ccccc12. The van der Waals surface area contributed by atoms with Crippen molar-refractivity contribution in [3.8, 4) is 33.4 Å². The minimum absolute atomic E-state index is 0.794. The number of benzene rings is 5. The van der Waals surface area contributed by atoms with E-state index in [0.29, 0.717) is 0 Å². The Hall–Kier alpha value is -4.30. The summed E-state index contributed by atoms with van der Waals surface area (Å²) in [6.45, 7) is 0. The maximum absolute atomic E-state index is 6.87. The van der Waals surface area contributed by atoms with Gasteiger partial charge in [-0.1, -0.05) is 109 Å². The van der Waals surface area contributed by atoms with Crippen molar-refractivity contribution in [2.45, 2.75) is 0 Å². The number of fused-ring (bicyclic) bond motifs is 3. The molecule has 2 nitrogen and oxygen atoms in total. The molecule has 152 valence electrons. The van der Waals surface area contributed by atoms with Crippen LogP contribution in [0, 0.1) is 0 Å². The van der Waals surface area contributed by atoms with Gasteiger partial charge in [0.25, 0.3) is 0 Å². The number of hydrogen-bond donors (Lipinski definition) is 2. The molecule has 3 N–H and O–H groups in total. The highest BCUT2D eigenvalue weighted by Gasteiger charge is 2.15. The molecule has 0 amide bonds. The number of aromatic nitrogens is 1. The van der Waals surface area contributed by atoms with Crippen LogP contribution in [0.15, 0.2) is 115 Å². The molecule has 0 saturated heterocycles. The largest absolute Gasteiger partial charge is 0.398 e. The molecular formula is C30H22N2. The summed E-state index contributed by atoms with van der Waals surface area (Å²) in [7, 11) is 0. The molecule has 0 fully saturated rings. The van der Waals surface area contributed by atoms with Gasteiger partial charge >= 0.3 is 0 Å². The second kappa shape index (κ2) is 7.44. The molecule has 1 heterocycles.